The van der Waals surface area contributed by atoms with Crippen LogP contribution < -0.4 is 20.9 Å². The molecule has 0 saturated carbocycles. The largest absolute Gasteiger partial charge is 0.457 e. The highest BCUT2D eigenvalue weighted by atomic mass is 16.5. The van der Waals surface area contributed by atoms with E-state index >= 15 is 0 Å². The van der Waals surface area contributed by atoms with Gasteiger partial charge in [0.25, 0.3) is 0 Å². The molecule has 4 N–H and O–H groups in total. The number of benzene rings is 7. The predicted octanol–water partition coefficient (Wildman–Crippen LogP) is 10.2. The van der Waals surface area contributed by atoms with Crippen molar-refractivity contribution in [2.45, 2.75) is 0 Å². The third kappa shape index (κ3) is 7.00. The van der Waals surface area contributed by atoms with Crippen LogP contribution in [0.3, 0.4) is 0 Å². The van der Waals surface area contributed by atoms with E-state index in [0.717, 1.165) is 22.3 Å². The molecule has 0 fully saturated rings. The van der Waals surface area contributed by atoms with Crippen LogP contribution in [0.5, 0.6) is 23.0 Å². The van der Waals surface area contributed by atoms with E-state index in [4.69, 9.17) is 20.9 Å². The molecule has 0 aliphatic heterocycles. The maximum Gasteiger partial charge on any atom is 0.196 e. The van der Waals surface area contributed by atoms with Crippen LogP contribution in [0, 0.1) is 0 Å². The second-order valence-corrected chi connectivity index (χ2v) is 11.7. The summed E-state index contributed by atoms with van der Waals surface area (Å²) in [6.45, 7) is 0. The van der Waals surface area contributed by atoms with E-state index in [0.29, 0.717) is 34.0 Å². The first-order valence-electron chi connectivity index (χ1n) is 16.1. The maximum absolute atomic E-state index is 14.3. The molecule has 0 unspecified atom stereocenters. The summed E-state index contributed by atoms with van der Waals surface area (Å²) < 4.78 is 12.6. The Kier molecular flexibility index (Phi) is 8.90. The van der Waals surface area contributed by atoms with Crippen LogP contribution in [0.15, 0.2) is 170 Å². The summed E-state index contributed by atoms with van der Waals surface area (Å²) in [6.07, 6.45) is 0. The van der Waals surface area contributed by atoms with Crippen molar-refractivity contribution in [3.05, 3.63) is 192 Å². The van der Waals surface area contributed by atoms with Crippen molar-refractivity contribution >= 4 is 22.9 Å². The first-order valence-corrected chi connectivity index (χ1v) is 16.1. The molecule has 7 aromatic carbocycles. The van der Waals surface area contributed by atoms with Gasteiger partial charge in [-0.3, -0.25) is 9.59 Å². The van der Waals surface area contributed by atoms with Gasteiger partial charge < -0.3 is 20.9 Å². The van der Waals surface area contributed by atoms with Gasteiger partial charge in [-0.25, -0.2) is 0 Å². The van der Waals surface area contributed by atoms with Crippen LogP contribution in [-0.2, 0) is 0 Å². The van der Waals surface area contributed by atoms with Gasteiger partial charge in [-0.1, -0.05) is 109 Å². The zero-order valence-electron chi connectivity index (χ0n) is 27.0. The lowest BCUT2D eigenvalue weighted by atomic mass is 9.94. The van der Waals surface area contributed by atoms with E-state index < -0.39 is 0 Å². The second kappa shape index (κ2) is 14.1. The molecule has 6 nitrogen and oxygen atoms in total. The highest BCUT2D eigenvalue weighted by Crippen LogP contribution is 2.38. The van der Waals surface area contributed by atoms with Crippen molar-refractivity contribution in [2.24, 2.45) is 0 Å². The van der Waals surface area contributed by atoms with Crippen LogP contribution in [0.4, 0.5) is 11.4 Å². The zero-order valence-corrected chi connectivity index (χ0v) is 27.0. The number of nitrogen functional groups attached to an aromatic ring is 2. The van der Waals surface area contributed by atoms with Gasteiger partial charge in [0.2, 0.25) is 0 Å². The molecule has 0 aliphatic carbocycles. The molecule has 242 valence electrons. The fourth-order valence-electron chi connectivity index (χ4n) is 5.61. The van der Waals surface area contributed by atoms with E-state index in [2.05, 4.69) is 0 Å². The third-order valence-electron chi connectivity index (χ3n) is 8.30. The van der Waals surface area contributed by atoms with Crippen LogP contribution in [-0.4, -0.2) is 11.6 Å². The average Bonchev–Trinajstić information content (AvgIpc) is 3.17. The van der Waals surface area contributed by atoms with Gasteiger partial charge in [-0.05, 0) is 82.9 Å². The molecule has 7 aromatic rings. The average molecular weight is 653 g/mol. The molecule has 50 heavy (non-hydrogen) atoms. The van der Waals surface area contributed by atoms with Crippen molar-refractivity contribution < 1.29 is 19.1 Å². The number of ketones is 2. The van der Waals surface area contributed by atoms with Gasteiger partial charge in [0.05, 0.1) is 11.1 Å². The van der Waals surface area contributed by atoms with E-state index in [1.165, 1.54) is 0 Å². The van der Waals surface area contributed by atoms with Gasteiger partial charge >= 0.3 is 0 Å². The van der Waals surface area contributed by atoms with Crippen molar-refractivity contribution in [1.82, 2.24) is 0 Å². The van der Waals surface area contributed by atoms with Gasteiger partial charge in [-0.15, -0.1) is 0 Å². The number of anilines is 2. The summed E-state index contributed by atoms with van der Waals surface area (Å²) in [5, 5.41) is 0. The van der Waals surface area contributed by atoms with E-state index in [9.17, 15) is 9.59 Å². The Morgan fingerprint density at radius 1 is 0.380 bits per heavy atom. The summed E-state index contributed by atoms with van der Waals surface area (Å²) in [5.74, 6) is 0.685. The lowest BCUT2D eigenvalue weighted by molar-refractivity contribution is 0.102. The first-order chi connectivity index (χ1) is 24.4. The molecule has 6 heteroatoms. The lowest BCUT2D eigenvalue weighted by Crippen LogP contribution is -2.09. The molecule has 0 amide bonds. The molecule has 0 bridgehead atoms. The standard InChI is InChI=1S/C44H32N2O4/c45-35-19-23-37(24-20-35)49-41-28-40(44(48)34-17-13-32(14-18-34)30-9-5-2-6-10-30)42(50-38-25-21-36(46)22-26-38)27-39(41)43(47)33-15-11-31(12-16-33)29-7-3-1-4-8-29/h1-28H,45-46H2. The highest BCUT2D eigenvalue weighted by molar-refractivity contribution is 6.15. The van der Waals surface area contributed by atoms with E-state index in [1.807, 2.05) is 84.9 Å². The quantitative estimate of drug-likeness (QED) is 0.113. The Labute approximate surface area is 290 Å². The molecule has 0 saturated heterocycles. The zero-order chi connectivity index (χ0) is 34.5. The maximum atomic E-state index is 14.3. The minimum Gasteiger partial charge on any atom is -0.457 e. The molecule has 0 atom stereocenters. The van der Waals surface area contributed by atoms with Crippen molar-refractivity contribution in [3.63, 3.8) is 0 Å². The SMILES string of the molecule is Nc1ccc(Oc2cc(C(=O)c3ccc(-c4ccccc4)cc3)c(Oc3ccc(N)cc3)cc2C(=O)c2ccc(-c3ccccc3)cc2)cc1. The van der Waals surface area contributed by atoms with Crippen LogP contribution in [0.2, 0.25) is 0 Å². The monoisotopic (exact) mass is 652 g/mol. The number of nitrogens with two attached hydrogens (primary N) is 2. The normalized spacial score (nSPS) is 10.7. The van der Waals surface area contributed by atoms with Crippen LogP contribution in [0.1, 0.15) is 31.8 Å². The first kappa shape index (κ1) is 31.7. The summed E-state index contributed by atoms with van der Waals surface area (Å²) in [7, 11) is 0. The van der Waals surface area contributed by atoms with Crippen molar-refractivity contribution in [2.75, 3.05) is 11.5 Å². The van der Waals surface area contributed by atoms with E-state index in [1.54, 1.807) is 84.9 Å². The number of hydrogen-bond donors (Lipinski definition) is 2. The Balaban J connectivity index is 1.33. The highest BCUT2D eigenvalue weighted by Gasteiger charge is 2.24. The molecular formula is C44H32N2O4. The van der Waals surface area contributed by atoms with Crippen LogP contribution in [0.25, 0.3) is 22.3 Å². The predicted molar refractivity (Wildman–Crippen MR) is 199 cm³/mol. The minimum atomic E-state index is -0.302. The molecular weight excluding hydrogens is 620 g/mol. The Morgan fingerprint density at radius 3 is 1.04 bits per heavy atom. The minimum absolute atomic E-state index is 0.195. The molecule has 0 aliphatic rings. The Hall–Kier alpha value is -6.92. The number of ether oxygens (including phenoxy) is 2. The summed E-state index contributed by atoms with van der Waals surface area (Å²) in [4.78, 5) is 28.5. The fourth-order valence-corrected chi connectivity index (χ4v) is 5.61. The number of rotatable bonds is 10. The molecule has 0 aromatic heterocycles. The number of carbonyl (C=O) groups is 2. The molecule has 0 heterocycles. The lowest BCUT2D eigenvalue weighted by Gasteiger charge is -2.17. The summed E-state index contributed by atoms with van der Waals surface area (Å²) in [6, 6.07) is 51.4. The third-order valence-corrected chi connectivity index (χ3v) is 8.30. The molecule has 7 rings (SSSR count). The second-order valence-electron chi connectivity index (χ2n) is 11.7. The van der Waals surface area contributed by atoms with Gasteiger partial charge in [0.1, 0.15) is 23.0 Å². The summed E-state index contributed by atoms with van der Waals surface area (Å²) in [5.41, 5.74) is 18.3. The van der Waals surface area contributed by atoms with Crippen molar-refractivity contribution in [1.29, 1.82) is 0 Å². The fraction of sp³-hybridized carbons (Fsp3) is 0. The summed E-state index contributed by atoms with van der Waals surface area (Å²) >= 11 is 0. The Bertz CT molecular complexity index is 2100. The topological polar surface area (TPSA) is 105 Å². The van der Waals surface area contributed by atoms with Crippen molar-refractivity contribution in [3.8, 4) is 45.3 Å². The smallest absolute Gasteiger partial charge is 0.196 e. The van der Waals surface area contributed by atoms with E-state index in [-0.39, 0.29) is 34.2 Å². The molecule has 0 spiro atoms. The molecule has 0 radical (unpaired) electrons. The Morgan fingerprint density at radius 2 is 0.700 bits per heavy atom. The number of carbonyl (C=O) groups excluding carboxylic acids is 2. The van der Waals surface area contributed by atoms with Gasteiger partial charge in [-0.2, -0.15) is 0 Å². The van der Waals surface area contributed by atoms with Gasteiger partial charge in [0, 0.05) is 22.5 Å². The number of hydrogen-bond acceptors (Lipinski definition) is 6. The van der Waals surface area contributed by atoms with Gasteiger partial charge in [0.15, 0.2) is 11.6 Å². The van der Waals surface area contributed by atoms with Crippen LogP contribution >= 0.6 is 0 Å².